The molecule has 2 aliphatic rings. The van der Waals surface area contributed by atoms with Crippen LogP contribution in [0.25, 0.3) is 0 Å². The molecule has 0 spiro atoms. The highest BCUT2D eigenvalue weighted by Crippen LogP contribution is 2.27. The molecule has 0 radical (unpaired) electrons. The van der Waals surface area contributed by atoms with Crippen LogP contribution in [0.3, 0.4) is 0 Å². The molecule has 6 nitrogen and oxygen atoms in total. The van der Waals surface area contributed by atoms with Crippen LogP contribution in [-0.4, -0.2) is 48.3 Å². The SMILES string of the molecule is CC(C)(O)c1cc(CC2(NC3CCOCC3)COC2)no1. The molecule has 0 saturated carbocycles. The van der Waals surface area contributed by atoms with E-state index < -0.39 is 5.60 Å². The number of ether oxygens (including phenoxy) is 2. The van der Waals surface area contributed by atoms with Gasteiger partial charge in [0.25, 0.3) is 0 Å². The van der Waals surface area contributed by atoms with Gasteiger partial charge in [-0.05, 0) is 26.7 Å². The summed E-state index contributed by atoms with van der Waals surface area (Å²) in [5, 5.41) is 17.7. The fourth-order valence-electron chi connectivity index (χ4n) is 2.89. The molecular formula is C15H24N2O4. The Morgan fingerprint density at radius 1 is 1.33 bits per heavy atom. The summed E-state index contributed by atoms with van der Waals surface area (Å²) in [6.45, 7) is 6.41. The molecule has 6 heteroatoms. The predicted molar refractivity (Wildman–Crippen MR) is 76.0 cm³/mol. The lowest BCUT2D eigenvalue weighted by atomic mass is 9.88. The molecule has 2 aliphatic heterocycles. The molecule has 2 saturated heterocycles. The smallest absolute Gasteiger partial charge is 0.167 e. The van der Waals surface area contributed by atoms with Crippen LogP contribution in [0.1, 0.15) is 38.1 Å². The van der Waals surface area contributed by atoms with Crippen molar-refractivity contribution in [2.45, 2.75) is 50.3 Å². The van der Waals surface area contributed by atoms with Gasteiger partial charge in [0.1, 0.15) is 5.60 Å². The van der Waals surface area contributed by atoms with Crippen molar-refractivity contribution in [3.8, 4) is 0 Å². The number of aliphatic hydroxyl groups is 1. The fourth-order valence-corrected chi connectivity index (χ4v) is 2.89. The largest absolute Gasteiger partial charge is 0.382 e. The van der Waals surface area contributed by atoms with E-state index in [-0.39, 0.29) is 5.54 Å². The second-order valence-corrected chi connectivity index (χ2v) is 6.72. The zero-order chi connectivity index (χ0) is 14.9. The number of hydrogen-bond donors (Lipinski definition) is 2. The summed E-state index contributed by atoms with van der Waals surface area (Å²) in [5.41, 5.74) is -0.201. The molecule has 2 N–H and O–H groups in total. The van der Waals surface area contributed by atoms with Gasteiger partial charge in [-0.2, -0.15) is 0 Å². The summed E-state index contributed by atoms with van der Waals surface area (Å²) in [7, 11) is 0. The van der Waals surface area contributed by atoms with Crippen LogP contribution in [0.15, 0.2) is 10.6 Å². The van der Waals surface area contributed by atoms with Crippen molar-refractivity contribution in [2.24, 2.45) is 0 Å². The zero-order valence-electron chi connectivity index (χ0n) is 12.7. The van der Waals surface area contributed by atoms with Crippen molar-refractivity contribution in [1.82, 2.24) is 10.5 Å². The Morgan fingerprint density at radius 3 is 2.57 bits per heavy atom. The van der Waals surface area contributed by atoms with Crippen molar-refractivity contribution in [3.05, 3.63) is 17.5 Å². The van der Waals surface area contributed by atoms with E-state index in [1.54, 1.807) is 13.8 Å². The monoisotopic (exact) mass is 296 g/mol. The number of nitrogens with one attached hydrogen (secondary N) is 1. The van der Waals surface area contributed by atoms with E-state index in [1.165, 1.54) is 0 Å². The quantitative estimate of drug-likeness (QED) is 0.843. The number of nitrogens with zero attached hydrogens (tertiary/aromatic N) is 1. The third-order valence-corrected chi connectivity index (χ3v) is 4.17. The molecule has 0 bridgehead atoms. The van der Waals surface area contributed by atoms with Crippen LogP contribution in [0, 0.1) is 0 Å². The summed E-state index contributed by atoms with van der Waals surface area (Å²) in [4.78, 5) is 0. The molecule has 0 amide bonds. The second kappa shape index (κ2) is 5.68. The molecule has 21 heavy (non-hydrogen) atoms. The Balaban J connectivity index is 1.64. The Labute approximate surface area is 124 Å². The van der Waals surface area contributed by atoms with Gasteiger partial charge in [0.05, 0.1) is 24.4 Å². The summed E-state index contributed by atoms with van der Waals surface area (Å²) in [5.74, 6) is 0.499. The van der Waals surface area contributed by atoms with E-state index in [9.17, 15) is 5.11 Å². The minimum absolute atomic E-state index is 0.0598. The predicted octanol–water partition coefficient (Wildman–Crippen LogP) is 0.982. The van der Waals surface area contributed by atoms with Gasteiger partial charge >= 0.3 is 0 Å². The summed E-state index contributed by atoms with van der Waals surface area (Å²) in [6, 6.07) is 2.31. The highest BCUT2D eigenvalue weighted by molar-refractivity contribution is 5.15. The lowest BCUT2D eigenvalue weighted by molar-refractivity contribution is -0.0854. The average Bonchev–Trinajstić information content (AvgIpc) is 2.86. The van der Waals surface area contributed by atoms with Crippen LogP contribution in [0.5, 0.6) is 0 Å². The molecular weight excluding hydrogens is 272 g/mol. The molecule has 2 fully saturated rings. The van der Waals surface area contributed by atoms with Gasteiger partial charge in [-0.3, -0.25) is 0 Å². The van der Waals surface area contributed by atoms with E-state index in [4.69, 9.17) is 14.0 Å². The standard InChI is InChI=1S/C15H24N2O4/c1-14(2,18)13-7-12(17-21-13)8-15(9-20-10-15)16-11-3-5-19-6-4-11/h7,11,16,18H,3-6,8-10H2,1-2H3. The maximum atomic E-state index is 9.94. The Kier molecular flexibility index (Phi) is 4.05. The maximum Gasteiger partial charge on any atom is 0.167 e. The Hall–Kier alpha value is -0.950. The fraction of sp³-hybridized carbons (Fsp3) is 0.800. The van der Waals surface area contributed by atoms with Crippen molar-refractivity contribution in [1.29, 1.82) is 0 Å². The topological polar surface area (TPSA) is 76.8 Å². The normalized spacial score (nSPS) is 23.0. The number of aromatic nitrogens is 1. The van der Waals surface area contributed by atoms with Crippen molar-refractivity contribution in [2.75, 3.05) is 26.4 Å². The zero-order valence-corrected chi connectivity index (χ0v) is 12.7. The lowest BCUT2D eigenvalue weighted by Gasteiger charge is -2.45. The number of rotatable bonds is 5. The molecule has 0 atom stereocenters. The summed E-state index contributed by atoms with van der Waals surface area (Å²) >= 11 is 0. The average molecular weight is 296 g/mol. The molecule has 3 heterocycles. The third kappa shape index (κ3) is 3.45. The first-order valence-corrected chi connectivity index (χ1v) is 7.59. The molecule has 1 aromatic rings. The Bertz CT molecular complexity index is 470. The van der Waals surface area contributed by atoms with Crippen molar-refractivity contribution >= 4 is 0 Å². The first kappa shape index (κ1) is 15.0. The summed E-state index contributed by atoms with van der Waals surface area (Å²) < 4.78 is 16.1. The molecule has 118 valence electrons. The van der Waals surface area contributed by atoms with Gasteiger partial charge in [0.15, 0.2) is 5.76 Å². The highest BCUT2D eigenvalue weighted by atomic mass is 16.5. The maximum absolute atomic E-state index is 9.94. The summed E-state index contributed by atoms with van der Waals surface area (Å²) in [6.07, 6.45) is 2.83. The van der Waals surface area contributed by atoms with Gasteiger partial charge in [-0.1, -0.05) is 5.16 Å². The lowest BCUT2D eigenvalue weighted by Crippen LogP contribution is -2.65. The van der Waals surface area contributed by atoms with Crippen LogP contribution in [0.4, 0.5) is 0 Å². The highest BCUT2D eigenvalue weighted by Gasteiger charge is 2.41. The molecule has 0 unspecified atom stereocenters. The second-order valence-electron chi connectivity index (χ2n) is 6.72. The first-order chi connectivity index (χ1) is 9.97. The molecule has 0 aliphatic carbocycles. The van der Waals surface area contributed by atoms with Gasteiger partial charge in [0, 0.05) is 31.7 Å². The van der Waals surface area contributed by atoms with E-state index in [2.05, 4.69) is 10.5 Å². The van der Waals surface area contributed by atoms with Crippen molar-refractivity contribution < 1.29 is 19.1 Å². The van der Waals surface area contributed by atoms with Crippen LogP contribution in [-0.2, 0) is 21.5 Å². The minimum atomic E-state index is -0.997. The van der Waals surface area contributed by atoms with Gasteiger partial charge in [0.2, 0.25) is 0 Å². The van der Waals surface area contributed by atoms with Crippen LogP contribution in [0.2, 0.25) is 0 Å². The minimum Gasteiger partial charge on any atom is -0.382 e. The molecule has 3 rings (SSSR count). The van der Waals surface area contributed by atoms with E-state index >= 15 is 0 Å². The Morgan fingerprint density at radius 2 is 2.05 bits per heavy atom. The van der Waals surface area contributed by atoms with E-state index in [0.717, 1.165) is 38.2 Å². The molecule has 1 aromatic heterocycles. The van der Waals surface area contributed by atoms with Crippen LogP contribution < -0.4 is 5.32 Å². The molecule has 0 aromatic carbocycles. The van der Waals surface area contributed by atoms with Crippen molar-refractivity contribution in [3.63, 3.8) is 0 Å². The van der Waals surface area contributed by atoms with Gasteiger partial charge in [-0.15, -0.1) is 0 Å². The van der Waals surface area contributed by atoms with Gasteiger partial charge in [-0.25, -0.2) is 0 Å². The van der Waals surface area contributed by atoms with E-state index in [0.29, 0.717) is 25.0 Å². The van der Waals surface area contributed by atoms with Crippen LogP contribution >= 0.6 is 0 Å². The number of hydrogen-bond acceptors (Lipinski definition) is 6. The first-order valence-electron chi connectivity index (χ1n) is 7.59. The van der Waals surface area contributed by atoms with E-state index in [1.807, 2.05) is 6.07 Å². The third-order valence-electron chi connectivity index (χ3n) is 4.17. The van der Waals surface area contributed by atoms with Gasteiger partial charge < -0.3 is 24.4 Å².